The van der Waals surface area contributed by atoms with E-state index in [4.69, 9.17) is 5.73 Å². The molecule has 2 N–H and O–H groups in total. The van der Waals surface area contributed by atoms with E-state index in [2.05, 4.69) is 51.3 Å². The zero-order valence-electron chi connectivity index (χ0n) is 13.8. The van der Waals surface area contributed by atoms with Gasteiger partial charge >= 0.3 is 0 Å². The third kappa shape index (κ3) is 4.49. The third-order valence-electron chi connectivity index (χ3n) is 3.37. The quantitative estimate of drug-likeness (QED) is 0.672. The first-order valence-electron chi connectivity index (χ1n) is 7.47. The van der Waals surface area contributed by atoms with E-state index in [1.165, 1.54) is 5.56 Å². The van der Waals surface area contributed by atoms with Gasteiger partial charge in [-0.1, -0.05) is 61.9 Å². The van der Waals surface area contributed by atoms with E-state index in [0.29, 0.717) is 0 Å². The normalized spacial score (nSPS) is 12.4. The van der Waals surface area contributed by atoms with Crippen molar-refractivity contribution in [3.63, 3.8) is 0 Å². The van der Waals surface area contributed by atoms with Gasteiger partial charge in [0.25, 0.3) is 0 Å². The summed E-state index contributed by atoms with van der Waals surface area (Å²) in [6.45, 7) is 16.5. The Bertz CT molecular complexity index is 600. The number of unbranched alkanes of at least 4 members (excludes halogenated alkanes) is 1. The second-order valence-corrected chi connectivity index (χ2v) is 5.63. The molecule has 0 radical (unpaired) electrons. The summed E-state index contributed by atoms with van der Waals surface area (Å²) in [5.41, 5.74) is 13.6. The van der Waals surface area contributed by atoms with Crippen molar-refractivity contribution >= 4 is 11.1 Å². The number of nitrogens with two attached hydrogens (primary N) is 1. The smallest absolute Gasteiger partial charge is 0.0393 e. The lowest BCUT2D eigenvalue weighted by Crippen LogP contribution is -2.03. The molecule has 0 unspecified atom stereocenters. The monoisotopic (exact) mass is 281 g/mol. The van der Waals surface area contributed by atoms with E-state index in [-0.39, 0.29) is 0 Å². The number of benzene rings is 1. The van der Waals surface area contributed by atoms with Crippen LogP contribution in [0.4, 0.5) is 0 Å². The van der Waals surface area contributed by atoms with Crippen LogP contribution in [0.3, 0.4) is 0 Å². The molecular weight excluding hydrogens is 254 g/mol. The SMILES string of the molecule is C=C(C)/C(=C(N)\C=C\CCC)c1cc(C)ccc1C(=C)C. The molecule has 1 rings (SSSR count). The summed E-state index contributed by atoms with van der Waals surface area (Å²) < 4.78 is 0. The fourth-order valence-corrected chi connectivity index (χ4v) is 2.33. The maximum absolute atomic E-state index is 6.31. The molecule has 21 heavy (non-hydrogen) atoms. The zero-order chi connectivity index (χ0) is 16.0. The molecule has 0 amide bonds. The maximum atomic E-state index is 6.31. The van der Waals surface area contributed by atoms with Crippen LogP contribution >= 0.6 is 0 Å². The minimum Gasteiger partial charge on any atom is -0.398 e. The van der Waals surface area contributed by atoms with Crippen molar-refractivity contribution < 1.29 is 0 Å². The van der Waals surface area contributed by atoms with Crippen molar-refractivity contribution in [2.75, 3.05) is 0 Å². The molecule has 0 heterocycles. The summed E-state index contributed by atoms with van der Waals surface area (Å²) in [5, 5.41) is 0. The molecule has 0 aromatic heterocycles. The van der Waals surface area contributed by atoms with Gasteiger partial charge in [-0.3, -0.25) is 0 Å². The van der Waals surface area contributed by atoms with Gasteiger partial charge in [0.15, 0.2) is 0 Å². The standard InChI is InChI=1S/C20H27N/c1-7-8-9-10-19(21)20(15(4)5)18-13-16(6)11-12-17(18)14(2)3/h9-13H,2,4,7-8,21H2,1,3,5-6H3/b10-9+,20-19-. The number of hydrogen-bond acceptors (Lipinski definition) is 1. The van der Waals surface area contributed by atoms with E-state index in [1.807, 2.05) is 19.9 Å². The van der Waals surface area contributed by atoms with Crippen LogP contribution in [0.15, 0.2) is 54.8 Å². The van der Waals surface area contributed by atoms with Crippen molar-refractivity contribution in [2.45, 2.75) is 40.5 Å². The van der Waals surface area contributed by atoms with Crippen LogP contribution < -0.4 is 5.73 Å². The Kier molecular flexibility index (Phi) is 6.23. The molecule has 0 aliphatic rings. The number of aryl methyl sites for hydroxylation is 1. The number of allylic oxidation sites excluding steroid dienone is 5. The first-order valence-corrected chi connectivity index (χ1v) is 7.47. The molecule has 1 aromatic carbocycles. The molecule has 1 heteroatoms. The Labute approximate surface area is 129 Å². The summed E-state index contributed by atoms with van der Waals surface area (Å²) in [4.78, 5) is 0. The summed E-state index contributed by atoms with van der Waals surface area (Å²) >= 11 is 0. The van der Waals surface area contributed by atoms with Gasteiger partial charge in [-0.2, -0.15) is 0 Å². The summed E-state index contributed by atoms with van der Waals surface area (Å²) in [7, 11) is 0. The zero-order valence-corrected chi connectivity index (χ0v) is 13.8. The van der Waals surface area contributed by atoms with E-state index in [9.17, 15) is 0 Å². The summed E-state index contributed by atoms with van der Waals surface area (Å²) in [5.74, 6) is 0. The Balaban J connectivity index is 3.49. The molecule has 112 valence electrons. The molecule has 0 fully saturated rings. The molecule has 0 saturated carbocycles. The average Bonchev–Trinajstić information content (AvgIpc) is 2.38. The second-order valence-electron chi connectivity index (χ2n) is 5.63. The van der Waals surface area contributed by atoms with Crippen molar-refractivity contribution in [3.8, 4) is 0 Å². The average molecular weight is 281 g/mol. The lowest BCUT2D eigenvalue weighted by Gasteiger charge is -2.16. The van der Waals surface area contributed by atoms with Gasteiger partial charge in [-0.25, -0.2) is 0 Å². The predicted molar refractivity (Wildman–Crippen MR) is 95.9 cm³/mol. The molecule has 0 spiro atoms. The van der Waals surface area contributed by atoms with Crippen LogP contribution in [-0.4, -0.2) is 0 Å². The van der Waals surface area contributed by atoms with Crippen molar-refractivity contribution in [1.82, 2.24) is 0 Å². The topological polar surface area (TPSA) is 26.0 Å². The van der Waals surface area contributed by atoms with Gasteiger partial charge in [0.2, 0.25) is 0 Å². The van der Waals surface area contributed by atoms with Gasteiger partial charge < -0.3 is 5.73 Å². The largest absolute Gasteiger partial charge is 0.398 e. The lowest BCUT2D eigenvalue weighted by molar-refractivity contribution is 0.957. The molecule has 0 aliphatic carbocycles. The predicted octanol–water partition coefficient (Wildman–Crippen LogP) is 5.63. The molecule has 0 saturated heterocycles. The summed E-state index contributed by atoms with van der Waals surface area (Å²) in [6.07, 6.45) is 6.27. The fourth-order valence-electron chi connectivity index (χ4n) is 2.33. The Hall–Kier alpha value is -2.02. The fraction of sp³-hybridized carbons (Fsp3) is 0.300. The minimum atomic E-state index is 0.768. The second kappa shape index (κ2) is 7.68. The van der Waals surface area contributed by atoms with Gasteiger partial charge in [0.05, 0.1) is 0 Å². The lowest BCUT2D eigenvalue weighted by atomic mass is 9.89. The van der Waals surface area contributed by atoms with Gasteiger partial charge in [-0.15, -0.1) is 0 Å². The molecular formula is C20H27N. The molecule has 1 aromatic rings. The minimum absolute atomic E-state index is 0.768. The number of hydrogen-bond donors (Lipinski definition) is 1. The van der Waals surface area contributed by atoms with E-state index in [0.717, 1.165) is 46.4 Å². The number of rotatable bonds is 6. The third-order valence-corrected chi connectivity index (χ3v) is 3.37. The van der Waals surface area contributed by atoms with E-state index < -0.39 is 0 Å². The van der Waals surface area contributed by atoms with E-state index in [1.54, 1.807) is 0 Å². The van der Waals surface area contributed by atoms with Crippen molar-refractivity contribution in [1.29, 1.82) is 0 Å². The van der Waals surface area contributed by atoms with Crippen LogP contribution in [0, 0.1) is 6.92 Å². The first kappa shape index (κ1) is 17.0. The van der Waals surface area contributed by atoms with Gasteiger partial charge in [0, 0.05) is 11.3 Å². The van der Waals surface area contributed by atoms with Crippen LogP contribution in [0.1, 0.15) is 50.3 Å². The highest BCUT2D eigenvalue weighted by Gasteiger charge is 2.12. The Morgan fingerprint density at radius 3 is 2.38 bits per heavy atom. The highest BCUT2D eigenvalue weighted by Crippen LogP contribution is 2.31. The van der Waals surface area contributed by atoms with Crippen LogP contribution in [0.25, 0.3) is 11.1 Å². The van der Waals surface area contributed by atoms with Crippen LogP contribution in [0.5, 0.6) is 0 Å². The Morgan fingerprint density at radius 1 is 1.19 bits per heavy atom. The first-order chi connectivity index (χ1) is 9.88. The molecule has 1 nitrogen and oxygen atoms in total. The molecule has 0 aliphatic heterocycles. The van der Waals surface area contributed by atoms with Crippen LogP contribution in [0.2, 0.25) is 0 Å². The van der Waals surface area contributed by atoms with Gasteiger partial charge in [0.1, 0.15) is 0 Å². The molecule has 0 atom stereocenters. The van der Waals surface area contributed by atoms with Gasteiger partial charge in [-0.05, 0) is 50.0 Å². The highest BCUT2D eigenvalue weighted by atomic mass is 14.6. The molecule has 0 bridgehead atoms. The van der Waals surface area contributed by atoms with E-state index >= 15 is 0 Å². The van der Waals surface area contributed by atoms with Crippen molar-refractivity contribution in [2.24, 2.45) is 5.73 Å². The maximum Gasteiger partial charge on any atom is 0.0393 e. The summed E-state index contributed by atoms with van der Waals surface area (Å²) in [6, 6.07) is 6.38. The highest BCUT2D eigenvalue weighted by molar-refractivity contribution is 5.87. The van der Waals surface area contributed by atoms with Crippen molar-refractivity contribution in [3.05, 3.63) is 71.5 Å². The Morgan fingerprint density at radius 2 is 1.86 bits per heavy atom. The van der Waals surface area contributed by atoms with Crippen LogP contribution in [-0.2, 0) is 0 Å².